The summed E-state index contributed by atoms with van der Waals surface area (Å²) in [5.41, 5.74) is 4.20. The number of aromatic nitrogens is 1. The van der Waals surface area contributed by atoms with E-state index in [0.29, 0.717) is 12.8 Å². The Morgan fingerprint density at radius 3 is 1.83 bits per heavy atom. The van der Waals surface area contributed by atoms with Crippen molar-refractivity contribution in [3.8, 4) is 0 Å². The maximum Gasteiger partial charge on any atom is 0.0873 e. The van der Waals surface area contributed by atoms with Gasteiger partial charge in [0.25, 0.3) is 0 Å². The number of hydrogen-bond donors (Lipinski definition) is 4. The number of aliphatic hydroxyl groups is 2. The third-order valence-corrected chi connectivity index (χ3v) is 4.05. The Bertz CT molecular complexity index is 568. The molecule has 0 radical (unpaired) electrons. The largest absolute Gasteiger partial charge is 0.396 e. The highest BCUT2D eigenvalue weighted by atomic mass is 16.3. The molecule has 3 rings (SSSR count). The van der Waals surface area contributed by atoms with Gasteiger partial charge in [0.1, 0.15) is 0 Å². The van der Waals surface area contributed by atoms with E-state index in [4.69, 9.17) is 15.2 Å². The molecule has 0 spiro atoms. The number of hydrogen-bond acceptors (Lipinski definition) is 7. The zero-order valence-electron chi connectivity index (χ0n) is 13.8. The number of nitrogens with zero attached hydrogens (tertiary/aromatic N) is 3. The molecule has 1 aromatic heterocycles. The normalized spacial score (nSPS) is 16.8. The summed E-state index contributed by atoms with van der Waals surface area (Å²) in [4.78, 5) is 9.07. The molecule has 0 amide bonds. The molecule has 2 aliphatic rings. The zero-order valence-corrected chi connectivity index (χ0v) is 13.8. The van der Waals surface area contributed by atoms with Crippen LogP contribution in [0.2, 0.25) is 0 Å². The molecule has 0 unspecified atom stereocenters. The number of pyridine rings is 1. The van der Waals surface area contributed by atoms with Gasteiger partial charge < -0.3 is 30.6 Å². The molecule has 3 heterocycles. The Hall–Kier alpha value is -2.25. The van der Waals surface area contributed by atoms with Crippen LogP contribution in [0.25, 0.3) is 0 Å². The number of rotatable bonds is 8. The van der Waals surface area contributed by atoms with Crippen LogP contribution in [0.4, 0.5) is 0 Å². The topological polar surface area (TPSA) is 83.9 Å². The van der Waals surface area contributed by atoms with E-state index in [1.54, 1.807) is 0 Å². The minimum Gasteiger partial charge on any atom is -0.396 e. The molecule has 0 atom stereocenters. The van der Waals surface area contributed by atoms with Crippen molar-refractivity contribution in [2.75, 3.05) is 26.6 Å². The second kappa shape index (κ2) is 8.03. The van der Waals surface area contributed by atoms with Crippen molar-refractivity contribution in [2.24, 2.45) is 0 Å². The monoisotopic (exact) mass is 331 g/mol. The molecule has 0 aromatic carbocycles. The summed E-state index contributed by atoms with van der Waals surface area (Å²) >= 11 is 0. The van der Waals surface area contributed by atoms with Crippen molar-refractivity contribution in [1.29, 1.82) is 0 Å². The molecule has 1 aromatic rings. The van der Waals surface area contributed by atoms with Gasteiger partial charge in [-0.1, -0.05) is 6.07 Å². The molecule has 7 nitrogen and oxygen atoms in total. The van der Waals surface area contributed by atoms with E-state index in [1.807, 2.05) is 18.2 Å². The van der Waals surface area contributed by atoms with Crippen molar-refractivity contribution in [1.82, 2.24) is 25.4 Å². The van der Waals surface area contributed by atoms with E-state index >= 15 is 0 Å². The minimum absolute atomic E-state index is 0.163. The van der Waals surface area contributed by atoms with Gasteiger partial charge in [0, 0.05) is 49.8 Å². The molecule has 24 heavy (non-hydrogen) atoms. The summed E-state index contributed by atoms with van der Waals surface area (Å²) in [6.45, 7) is 3.33. The van der Waals surface area contributed by atoms with Gasteiger partial charge in [-0.3, -0.25) is 4.98 Å². The highest BCUT2D eigenvalue weighted by Gasteiger charge is 2.14. The second-order valence-electron chi connectivity index (χ2n) is 6.04. The molecule has 2 aliphatic heterocycles. The highest BCUT2D eigenvalue weighted by molar-refractivity contribution is 5.15. The average molecular weight is 331 g/mol. The van der Waals surface area contributed by atoms with Crippen molar-refractivity contribution in [3.63, 3.8) is 0 Å². The van der Waals surface area contributed by atoms with Crippen LogP contribution < -0.4 is 10.6 Å². The predicted molar refractivity (Wildman–Crippen MR) is 90.9 cm³/mol. The van der Waals surface area contributed by atoms with Gasteiger partial charge in [-0.15, -0.1) is 0 Å². The smallest absolute Gasteiger partial charge is 0.0873 e. The van der Waals surface area contributed by atoms with Crippen molar-refractivity contribution < 1.29 is 10.2 Å². The maximum absolute atomic E-state index is 8.99. The molecule has 0 saturated heterocycles. The van der Waals surface area contributed by atoms with Gasteiger partial charge in [0.05, 0.1) is 37.8 Å². The number of nitrogens with one attached hydrogen (secondary N) is 2. The zero-order chi connectivity index (χ0) is 16.8. The summed E-state index contributed by atoms with van der Waals surface area (Å²) in [7, 11) is 0. The third-order valence-electron chi connectivity index (χ3n) is 4.05. The van der Waals surface area contributed by atoms with Gasteiger partial charge in [0.15, 0.2) is 0 Å². The van der Waals surface area contributed by atoms with Crippen molar-refractivity contribution >= 4 is 0 Å². The third kappa shape index (κ3) is 4.39. The van der Waals surface area contributed by atoms with Crippen LogP contribution in [0.3, 0.4) is 0 Å². The van der Waals surface area contributed by atoms with Gasteiger partial charge in [0.2, 0.25) is 0 Å². The lowest BCUT2D eigenvalue weighted by atomic mass is 10.2. The Morgan fingerprint density at radius 1 is 0.875 bits per heavy atom. The fourth-order valence-corrected chi connectivity index (χ4v) is 2.90. The Balaban J connectivity index is 1.57. The summed E-state index contributed by atoms with van der Waals surface area (Å²) < 4.78 is 0. The standard InChI is InChI=1S/C17H25N5O2/c23-6-4-14-8-21(12-18-14)10-16-2-1-3-17(20-16)11-22-9-15(5-7-24)19-13-22/h1-3,8-9,18-19,23-24H,4-7,10-13H2. The van der Waals surface area contributed by atoms with Crippen molar-refractivity contribution in [3.05, 3.63) is 53.4 Å². The first-order valence-electron chi connectivity index (χ1n) is 8.30. The Morgan fingerprint density at radius 2 is 1.38 bits per heavy atom. The van der Waals surface area contributed by atoms with Crippen LogP contribution in [-0.2, 0) is 13.1 Å². The van der Waals surface area contributed by atoms with Crippen LogP contribution in [0.5, 0.6) is 0 Å². The molecule has 4 N–H and O–H groups in total. The van der Waals surface area contributed by atoms with E-state index in [0.717, 1.165) is 49.2 Å². The Labute approximate surface area is 142 Å². The maximum atomic E-state index is 8.99. The van der Waals surface area contributed by atoms with E-state index in [9.17, 15) is 0 Å². The molecule has 130 valence electrons. The molecule has 0 saturated carbocycles. The molecule has 0 aliphatic carbocycles. The quantitative estimate of drug-likeness (QED) is 0.544. The predicted octanol–water partition coefficient (Wildman–Crippen LogP) is 0.255. The minimum atomic E-state index is 0.163. The van der Waals surface area contributed by atoms with Gasteiger partial charge in [-0.05, 0) is 12.1 Å². The lowest BCUT2D eigenvalue weighted by molar-refractivity contribution is 0.296. The fourth-order valence-electron chi connectivity index (χ4n) is 2.90. The average Bonchev–Trinajstić information content (AvgIpc) is 3.18. The second-order valence-corrected chi connectivity index (χ2v) is 6.04. The van der Waals surface area contributed by atoms with Crippen LogP contribution in [0.15, 0.2) is 42.0 Å². The van der Waals surface area contributed by atoms with E-state index in [-0.39, 0.29) is 13.2 Å². The lowest BCUT2D eigenvalue weighted by Crippen LogP contribution is -2.23. The van der Waals surface area contributed by atoms with Gasteiger partial charge in [-0.2, -0.15) is 0 Å². The molecule has 0 bridgehead atoms. The number of aliphatic hydroxyl groups excluding tert-OH is 2. The summed E-state index contributed by atoms with van der Waals surface area (Å²) in [5.74, 6) is 0. The summed E-state index contributed by atoms with van der Waals surface area (Å²) in [5, 5.41) is 24.5. The van der Waals surface area contributed by atoms with Gasteiger partial charge >= 0.3 is 0 Å². The Kier molecular flexibility index (Phi) is 5.55. The van der Waals surface area contributed by atoms with E-state index in [2.05, 4.69) is 32.8 Å². The first kappa shape index (κ1) is 16.6. The van der Waals surface area contributed by atoms with E-state index < -0.39 is 0 Å². The first-order valence-corrected chi connectivity index (χ1v) is 8.30. The lowest BCUT2D eigenvalue weighted by Gasteiger charge is -2.16. The SMILES string of the molecule is OCCC1=CN(Cc2cccc(CN3C=C(CCO)NC3)n2)CN1. The van der Waals surface area contributed by atoms with Crippen LogP contribution in [-0.4, -0.2) is 51.5 Å². The summed E-state index contributed by atoms with van der Waals surface area (Å²) in [6, 6.07) is 6.12. The van der Waals surface area contributed by atoms with Crippen molar-refractivity contribution in [2.45, 2.75) is 25.9 Å². The summed E-state index contributed by atoms with van der Waals surface area (Å²) in [6.07, 6.45) is 5.43. The fraction of sp³-hybridized carbons (Fsp3) is 0.471. The molecular weight excluding hydrogens is 306 g/mol. The van der Waals surface area contributed by atoms with E-state index in [1.165, 1.54) is 0 Å². The molecule has 7 heteroatoms. The first-order chi connectivity index (χ1) is 11.8. The molecular formula is C17H25N5O2. The van der Waals surface area contributed by atoms with Crippen LogP contribution in [0.1, 0.15) is 24.2 Å². The molecule has 0 fully saturated rings. The van der Waals surface area contributed by atoms with Crippen LogP contribution >= 0.6 is 0 Å². The van der Waals surface area contributed by atoms with Crippen LogP contribution in [0, 0.1) is 0 Å². The van der Waals surface area contributed by atoms with Gasteiger partial charge in [-0.25, -0.2) is 0 Å². The highest BCUT2D eigenvalue weighted by Crippen LogP contribution is 2.13.